The van der Waals surface area contributed by atoms with E-state index in [0.717, 1.165) is 0 Å². The standard InChI is InChI=1S/C87H155N37O18/c1-5-48(4)64(118-67(128)51(21-8-34-105-83(93)94)110-65(126)49(88)19-6-32-103-81(89)90)73(134)115-55(25-12-38-109-87(101)102)76(137)120-40-14-27-59(120)70(131)114-54(24-11-37-108-86(99)100)77(138)124-44-18-31-63(124)79(140)123-43-17-30-62(123)68(129)111-50(20-7-33-104-82(91)92)66(127)116-56(45-47(2)3)78(139)122-42-16-28-60(122)71(132)113-52(22-9-35-106-84(95)96)74(135)119-39-13-26-58(119)69(130)112-53(23-10-36-107-85(97)98)75(136)121-41-15-29-61(121)72(133)117-57(46-125)80(141)142/h47-64,125H,5-46,88H2,1-4H3,(H,110,126)(H,111,129)(H,112,130)(H,113,132)(H,114,131)(H,115,134)(H,116,127)(H,117,133)(H,118,128)(H,141,142)(H4,89,90,103)(H4,91,92,104)(H4,93,94,105)(H4,95,96,106)(H4,97,98,107)(H4,99,100,108)(H4,101,102,109)/t48-,49-,50-,51-,52-,53-,54-,55-,56-,57-,58-,59-,60-,61-,62-,63-,64-/m0/s1. The molecule has 0 saturated carbocycles. The lowest BCUT2D eigenvalue weighted by molar-refractivity contribution is -0.148. The van der Waals surface area contributed by atoms with Crippen molar-refractivity contribution in [2.24, 2.45) is 57.7 Å². The van der Waals surface area contributed by atoms with Crippen molar-refractivity contribution >= 4 is 136 Å². The molecule has 796 valence electrons. The van der Waals surface area contributed by atoms with Gasteiger partial charge in [-0.05, 0) is 185 Å². The summed E-state index contributed by atoms with van der Waals surface area (Å²) in [5.74, 6) is -16.0. The Morgan fingerprint density at radius 1 is 0.310 bits per heavy atom. The van der Waals surface area contributed by atoms with Gasteiger partial charge in [0.05, 0.1) is 12.6 Å². The van der Waals surface area contributed by atoms with Gasteiger partial charge in [0.25, 0.3) is 0 Å². The molecule has 142 heavy (non-hydrogen) atoms. The summed E-state index contributed by atoms with van der Waals surface area (Å²) in [7, 11) is 0. The van der Waals surface area contributed by atoms with Crippen LogP contribution >= 0.6 is 0 Å². The Bertz CT molecular complexity index is 4420. The zero-order chi connectivity index (χ0) is 105. The van der Waals surface area contributed by atoms with Crippen LogP contribution in [0.3, 0.4) is 0 Å². The van der Waals surface area contributed by atoms with E-state index in [1.807, 2.05) is 0 Å². The van der Waals surface area contributed by atoms with Crippen molar-refractivity contribution in [1.29, 1.82) is 37.9 Å². The molecule has 0 aromatic heterocycles. The fourth-order valence-electron chi connectivity index (χ4n) is 18.4. The van der Waals surface area contributed by atoms with Gasteiger partial charge in [-0.3, -0.25) is 110 Å². The van der Waals surface area contributed by atoms with Crippen molar-refractivity contribution < 1.29 is 86.9 Å². The zero-order valence-electron chi connectivity index (χ0n) is 81.8. The van der Waals surface area contributed by atoms with Crippen LogP contribution in [-0.2, 0) is 76.7 Å². The van der Waals surface area contributed by atoms with Crippen molar-refractivity contribution in [1.82, 2.24) is 114 Å². The second-order valence-corrected chi connectivity index (χ2v) is 37.1. The first-order valence-electron chi connectivity index (χ1n) is 49.1. The monoisotopic (exact) mass is 2010 g/mol. The van der Waals surface area contributed by atoms with E-state index in [1.165, 1.54) is 29.4 Å². The van der Waals surface area contributed by atoms with E-state index in [4.69, 9.17) is 83.7 Å². The fraction of sp³-hybridized carbons (Fsp3) is 0.736. The highest BCUT2D eigenvalue weighted by molar-refractivity contribution is 6.02. The minimum Gasteiger partial charge on any atom is -0.480 e. The summed E-state index contributed by atoms with van der Waals surface area (Å²) in [6.07, 6.45) is 3.75. The van der Waals surface area contributed by atoms with E-state index in [0.29, 0.717) is 44.9 Å². The average Bonchev–Trinajstić information content (AvgIpc) is 1.63. The number of aliphatic hydroxyl groups is 1. The summed E-state index contributed by atoms with van der Waals surface area (Å²) >= 11 is 0. The first kappa shape index (κ1) is 117. The molecular formula is C87H155N37O18. The van der Waals surface area contributed by atoms with Crippen molar-refractivity contribution in [3.05, 3.63) is 0 Å². The van der Waals surface area contributed by atoms with E-state index < -0.39 is 204 Å². The lowest BCUT2D eigenvalue weighted by Crippen LogP contribution is -2.61. The molecule has 0 spiro atoms. The normalized spacial score (nSPS) is 19.9. The minimum atomic E-state index is -1.67. The van der Waals surface area contributed by atoms with Crippen LogP contribution < -0.4 is 131 Å². The molecule has 0 aliphatic carbocycles. The lowest BCUT2D eigenvalue weighted by Gasteiger charge is -2.34. The van der Waals surface area contributed by atoms with Gasteiger partial charge in [-0.25, -0.2) is 4.79 Å². The number of likely N-dealkylation sites (tertiary alicyclic amines) is 6. The highest BCUT2D eigenvalue weighted by atomic mass is 16.4. The summed E-state index contributed by atoms with van der Waals surface area (Å²) in [4.78, 5) is 241. The van der Waals surface area contributed by atoms with Gasteiger partial charge in [0, 0.05) is 85.1 Å². The molecule has 55 heteroatoms. The number of aliphatic carboxylic acids is 1. The molecule has 6 aliphatic heterocycles. The van der Waals surface area contributed by atoms with Crippen LogP contribution in [0.1, 0.15) is 207 Å². The van der Waals surface area contributed by atoms with E-state index in [-0.39, 0.29) is 268 Å². The number of rotatable bonds is 58. The number of nitrogens with one attached hydrogen (secondary N) is 23. The van der Waals surface area contributed by atoms with E-state index in [2.05, 4.69) is 85.1 Å². The molecule has 6 fully saturated rings. The van der Waals surface area contributed by atoms with Gasteiger partial charge in [0.1, 0.15) is 90.6 Å². The zero-order valence-corrected chi connectivity index (χ0v) is 81.8. The van der Waals surface area contributed by atoms with Gasteiger partial charge in [-0.1, -0.05) is 34.1 Å². The van der Waals surface area contributed by atoms with Crippen LogP contribution in [-0.4, -0.2) is 364 Å². The molecule has 41 N–H and O–H groups in total. The quantitative estimate of drug-likeness (QED) is 0.0153. The number of aliphatic hydroxyl groups excluding tert-OH is 1. The number of amides is 15. The average molecular weight is 2010 g/mol. The van der Waals surface area contributed by atoms with Crippen molar-refractivity contribution in [2.45, 2.75) is 304 Å². The van der Waals surface area contributed by atoms with Gasteiger partial charge in [-0.2, -0.15) is 0 Å². The number of hydrogen-bond acceptors (Lipinski definition) is 25. The summed E-state index contributed by atoms with van der Waals surface area (Å²) in [5, 5.41) is 116. The van der Waals surface area contributed by atoms with E-state index >= 15 is 38.4 Å². The highest BCUT2D eigenvalue weighted by Crippen LogP contribution is 2.30. The third-order valence-electron chi connectivity index (χ3n) is 25.9. The Hall–Kier alpha value is -13.7. The number of guanidine groups is 7. The topological polar surface area (TPSA) is 901 Å². The van der Waals surface area contributed by atoms with Crippen LogP contribution in [0.2, 0.25) is 0 Å². The number of carbonyl (C=O) groups excluding carboxylic acids is 15. The largest absolute Gasteiger partial charge is 0.480 e. The maximum atomic E-state index is 15.3. The predicted octanol–water partition coefficient (Wildman–Crippen LogP) is -9.37. The Balaban J connectivity index is 1.19. The minimum absolute atomic E-state index is 0.00619. The van der Waals surface area contributed by atoms with Crippen molar-refractivity contribution in [2.75, 3.05) is 91.7 Å². The first-order valence-corrected chi connectivity index (χ1v) is 49.1. The molecule has 6 aliphatic rings. The molecule has 0 bridgehead atoms. The number of carboxylic acid groups (broad SMARTS) is 1. The molecule has 55 nitrogen and oxygen atoms in total. The third kappa shape index (κ3) is 37.1. The summed E-state index contributed by atoms with van der Waals surface area (Å²) in [5.41, 5.74) is 45.1. The Morgan fingerprint density at radius 2 is 0.549 bits per heavy atom. The van der Waals surface area contributed by atoms with Crippen LogP contribution in [0.5, 0.6) is 0 Å². The van der Waals surface area contributed by atoms with Gasteiger partial charge in [0.2, 0.25) is 88.6 Å². The molecule has 0 unspecified atom stereocenters. The SMILES string of the molecule is CC[C@H](C)[C@H](NC(=O)[C@H](CCCNC(=N)N)NC(=O)[C@@H](N)CCCNC(=N)N)C(=O)N[C@@H](CCCNC(=N)N)C(=O)N1CCC[C@H]1C(=O)N[C@@H](CCCNC(=N)N)C(=O)N1CCC[C@H]1C(=O)N1CCC[C@H]1C(=O)N[C@@H](CCCNC(=N)N)C(=O)N[C@@H](CC(C)C)C(=O)N1CCC[C@H]1C(=O)N[C@@H](CCCNC(=N)N)C(=O)N1CCC[C@H]1C(=O)N[C@@H](CCCNC(=N)N)C(=O)N1CCC[C@H]1C(=O)N[C@@H](CO)C(=O)O. The molecule has 0 aromatic rings. The van der Waals surface area contributed by atoms with Crippen LogP contribution in [0.25, 0.3) is 0 Å². The molecule has 0 radical (unpaired) electrons. The van der Waals surface area contributed by atoms with Gasteiger partial charge < -0.3 is 171 Å². The van der Waals surface area contributed by atoms with Gasteiger partial charge >= 0.3 is 5.97 Å². The lowest BCUT2D eigenvalue weighted by atomic mass is 9.96. The maximum absolute atomic E-state index is 15.3. The molecule has 6 rings (SSSR count). The number of carbonyl (C=O) groups is 16. The van der Waals surface area contributed by atoms with Gasteiger partial charge in [-0.15, -0.1) is 0 Å². The summed E-state index contributed by atoms with van der Waals surface area (Å²) in [6.45, 7) is 7.00. The van der Waals surface area contributed by atoms with Crippen molar-refractivity contribution in [3.63, 3.8) is 0 Å². The smallest absolute Gasteiger partial charge is 0.328 e. The van der Waals surface area contributed by atoms with Crippen LogP contribution in [0.15, 0.2) is 0 Å². The number of nitrogens with zero attached hydrogens (tertiary/aromatic N) is 6. The molecule has 6 heterocycles. The third-order valence-corrected chi connectivity index (χ3v) is 25.9. The molecular weight excluding hydrogens is 1850 g/mol. The second-order valence-electron chi connectivity index (χ2n) is 37.1. The van der Waals surface area contributed by atoms with Crippen LogP contribution in [0, 0.1) is 49.7 Å². The number of carboxylic acids is 1. The van der Waals surface area contributed by atoms with Crippen LogP contribution in [0.4, 0.5) is 0 Å². The fourth-order valence-corrected chi connectivity index (χ4v) is 18.4. The Kier molecular flexibility index (Phi) is 48.8. The predicted molar refractivity (Wildman–Crippen MR) is 521 cm³/mol. The highest BCUT2D eigenvalue weighted by Gasteiger charge is 2.49. The van der Waals surface area contributed by atoms with Gasteiger partial charge in [0.15, 0.2) is 41.7 Å². The van der Waals surface area contributed by atoms with E-state index in [1.54, 1.807) is 27.7 Å². The van der Waals surface area contributed by atoms with E-state index in [9.17, 15) is 48.6 Å². The molecule has 17 atom stereocenters. The first-order chi connectivity index (χ1) is 67.4. The Labute approximate surface area is 825 Å². The molecule has 6 saturated heterocycles. The maximum Gasteiger partial charge on any atom is 0.328 e. The number of nitrogens with two attached hydrogens (primary N) is 8. The Morgan fingerprint density at radius 3 is 0.852 bits per heavy atom. The van der Waals surface area contributed by atoms with Crippen molar-refractivity contribution in [3.8, 4) is 0 Å². The summed E-state index contributed by atoms with van der Waals surface area (Å²) in [6, 6.07) is -20.8. The molecule has 0 aromatic carbocycles. The summed E-state index contributed by atoms with van der Waals surface area (Å²) < 4.78 is 0. The molecule has 15 amide bonds. The second kappa shape index (κ2) is 59.2. The number of hydrogen-bond donors (Lipinski definition) is 33.